The van der Waals surface area contributed by atoms with Crippen LogP contribution < -0.4 is 5.32 Å². The van der Waals surface area contributed by atoms with Crippen LogP contribution >= 0.6 is 12.4 Å². The van der Waals surface area contributed by atoms with Crippen molar-refractivity contribution >= 4 is 24.2 Å². The van der Waals surface area contributed by atoms with Gasteiger partial charge in [-0.1, -0.05) is 0 Å². The van der Waals surface area contributed by atoms with Crippen LogP contribution in [0.25, 0.3) is 0 Å². The summed E-state index contributed by atoms with van der Waals surface area (Å²) in [5.74, 6) is 0.190. The van der Waals surface area contributed by atoms with Crippen molar-refractivity contribution in [2.75, 3.05) is 46.4 Å². The van der Waals surface area contributed by atoms with E-state index in [2.05, 4.69) is 5.32 Å². The molecular weight excluding hydrogens is 294 g/mol. The van der Waals surface area contributed by atoms with E-state index in [1.54, 1.807) is 4.90 Å². The van der Waals surface area contributed by atoms with Gasteiger partial charge in [-0.05, 0) is 19.9 Å². The minimum absolute atomic E-state index is 0. The molecule has 0 saturated carbocycles. The second kappa shape index (κ2) is 9.23. The zero-order valence-corrected chi connectivity index (χ0v) is 13.5. The summed E-state index contributed by atoms with van der Waals surface area (Å²) < 4.78 is 5.22. The van der Waals surface area contributed by atoms with Crippen molar-refractivity contribution in [3.05, 3.63) is 0 Å². The molecule has 0 spiro atoms. The Morgan fingerprint density at radius 3 is 2.48 bits per heavy atom. The Morgan fingerprint density at radius 1 is 1.14 bits per heavy atom. The van der Waals surface area contributed by atoms with E-state index in [9.17, 15) is 9.59 Å². The van der Waals surface area contributed by atoms with Gasteiger partial charge < -0.3 is 19.9 Å². The van der Waals surface area contributed by atoms with Crippen molar-refractivity contribution in [2.45, 2.75) is 31.7 Å². The Hall–Kier alpha value is -0.850. The normalized spacial score (nSPS) is 22.0. The zero-order chi connectivity index (χ0) is 14.4. The lowest BCUT2D eigenvalue weighted by atomic mass is 10.2. The first kappa shape index (κ1) is 18.2. The second-order valence-corrected chi connectivity index (χ2v) is 5.43. The largest absolute Gasteiger partial charge is 0.378 e. The highest BCUT2D eigenvalue weighted by Gasteiger charge is 2.28. The molecule has 0 bridgehead atoms. The third-order valence-corrected chi connectivity index (χ3v) is 4.05. The van der Waals surface area contributed by atoms with Crippen molar-refractivity contribution in [3.63, 3.8) is 0 Å². The van der Waals surface area contributed by atoms with Gasteiger partial charge in [0.05, 0.1) is 13.2 Å². The van der Waals surface area contributed by atoms with Crippen LogP contribution in [0.4, 0.5) is 0 Å². The van der Waals surface area contributed by atoms with Crippen LogP contribution in [0.1, 0.15) is 25.7 Å². The number of likely N-dealkylation sites (tertiary alicyclic amines) is 1. The van der Waals surface area contributed by atoms with Gasteiger partial charge in [0.2, 0.25) is 11.8 Å². The standard InChI is InChI=1S/C14H25N3O3.ClH/c1-15-11-12-3-2-6-17(12)14(19)5-4-13(18)16-7-9-20-10-8-16;/h12,15H,2-11H2,1H3;1H. The molecule has 2 saturated heterocycles. The van der Waals surface area contributed by atoms with Gasteiger partial charge in [-0.2, -0.15) is 0 Å². The molecule has 2 amide bonds. The molecule has 0 radical (unpaired) electrons. The molecule has 0 aromatic heterocycles. The van der Waals surface area contributed by atoms with Crippen LogP contribution in [-0.2, 0) is 14.3 Å². The number of hydrogen-bond acceptors (Lipinski definition) is 4. The van der Waals surface area contributed by atoms with Crippen molar-refractivity contribution in [2.24, 2.45) is 0 Å². The monoisotopic (exact) mass is 319 g/mol. The number of morpholine rings is 1. The molecule has 1 atom stereocenters. The Kier molecular flexibility index (Phi) is 8.00. The second-order valence-electron chi connectivity index (χ2n) is 5.43. The molecule has 21 heavy (non-hydrogen) atoms. The number of hydrogen-bond donors (Lipinski definition) is 1. The number of rotatable bonds is 5. The van der Waals surface area contributed by atoms with E-state index >= 15 is 0 Å². The topological polar surface area (TPSA) is 61.9 Å². The van der Waals surface area contributed by atoms with Crippen LogP contribution in [-0.4, -0.2) is 74.1 Å². The van der Waals surface area contributed by atoms with E-state index in [-0.39, 0.29) is 24.2 Å². The van der Waals surface area contributed by atoms with Gasteiger partial charge in [-0.25, -0.2) is 0 Å². The van der Waals surface area contributed by atoms with E-state index in [0.717, 1.165) is 25.9 Å². The highest BCUT2D eigenvalue weighted by molar-refractivity contribution is 5.85. The number of ether oxygens (including phenoxy) is 1. The molecule has 2 heterocycles. The van der Waals surface area contributed by atoms with Crippen LogP contribution in [0.3, 0.4) is 0 Å². The maximum atomic E-state index is 12.2. The summed E-state index contributed by atoms with van der Waals surface area (Å²) in [6.07, 6.45) is 2.78. The smallest absolute Gasteiger partial charge is 0.223 e. The first-order valence-electron chi connectivity index (χ1n) is 7.52. The van der Waals surface area contributed by atoms with Crippen molar-refractivity contribution in [1.29, 1.82) is 0 Å². The van der Waals surface area contributed by atoms with Gasteiger partial charge in [-0.15, -0.1) is 12.4 Å². The lowest BCUT2D eigenvalue weighted by Crippen LogP contribution is -2.43. The van der Waals surface area contributed by atoms with Crippen LogP contribution in [0, 0.1) is 0 Å². The fourth-order valence-electron chi connectivity index (χ4n) is 2.94. The Balaban J connectivity index is 0.00000220. The molecule has 6 nitrogen and oxygen atoms in total. The van der Waals surface area contributed by atoms with Crippen LogP contribution in [0.15, 0.2) is 0 Å². The minimum Gasteiger partial charge on any atom is -0.378 e. The number of carbonyl (C=O) groups is 2. The number of nitrogens with one attached hydrogen (secondary N) is 1. The predicted octanol–water partition coefficient (Wildman–Crippen LogP) is 0.258. The van der Waals surface area contributed by atoms with E-state index in [1.165, 1.54) is 0 Å². The third kappa shape index (κ3) is 5.13. The molecule has 2 aliphatic rings. The molecular formula is C14H26ClN3O3. The SMILES string of the molecule is CNCC1CCCN1C(=O)CCC(=O)N1CCOCC1.Cl. The first-order chi connectivity index (χ1) is 9.72. The molecule has 2 rings (SSSR count). The number of nitrogens with zero attached hydrogens (tertiary/aromatic N) is 2. The summed E-state index contributed by atoms with van der Waals surface area (Å²) in [5.41, 5.74) is 0. The average Bonchev–Trinajstić information content (AvgIpc) is 2.94. The molecule has 0 aromatic rings. The Morgan fingerprint density at radius 2 is 1.81 bits per heavy atom. The van der Waals surface area contributed by atoms with Gasteiger partial charge in [0.1, 0.15) is 0 Å². The number of halogens is 1. The third-order valence-electron chi connectivity index (χ3n) is 4.05. The van der Waals surface area contributed by atoms with Crippen LogP contribution in [0.2, 0.25) is 0 Å². The molecule has 1 unspecified atom stereocenters. The van der Waals surface area contributed by atoms with Crippen LogP contribution in [0.5, 0.6) is 0 Å². The van der Waals surface area contributed by atoms with Gasteiger partial charge in [-0.3, -0.25) is 9.59 Å². The highest BCUT2D eigenvalue weighted by atomic mass is 35.5. The van der Waals surface area contributed by atoms with E-state index < -0.39 is 0 Å². The molecule has 1 N–H and O–H groups in total. The fraction of sp³-hybridized carbons (Fsp3) is 0.857. The molecule has 122 valence electrons. The lowest BCUT2D eigenvalue weighted by Gasteiger charge is -2.28. The van der Waals surface area contributed by atoms with Gasteiger partial charge in [0.25, 0.3) is 0 Å². The highest BCUT2D eigenvalue weighted by Crippen LogP contribution is 2.18. The maximum Gasteiger partial charge on any atom is 0.223 e. The molecule has 7 heteroatoms. The predicted molar refractivity (Wildman–Crippen MR) is 82.5 cm³/mol. The van der Waals surface area contributed by atoms with E-state index in [4.69, 9.17) is 4.74 Å². The summed E-state index contributed by atoms with van der Waals surface area (Å²) in [6.45, 7) is 4.18. The average molecular weight is 320 g/mol. The molecule has 0 aromatic carbocycles. The summed E-state index contributed by atoms with van der Waals surface area (Å²) in [7, 11) is 1.91. The van der Waals surface area contributed by atoms with Gasteiger partial charge in [0.15, 0.2) is 0 Å². The van der Waals surface area contributed by atoms with Crippen molar-refractivity contribution < 1.29 is 14.3 Å². The minimum atomic E-state index is 0. The van der Waals surface area contributed by atoms with E-state index in [1.807, 2.05) is 11.9 Å². The molecule has 2 aliphatic heterocycles. The van der Waals surface area contributed by atoms with E-state index in [0.29, 0.717) is 45.2 Å². The molecule has 0 aliphatic carbocycles. The van der Waals surface area contributed by atoms with Crippen molar-refractivity contribution in [1.82, 2.24) is 15.1 Å². The molecule has 2 fully saturated rings. The lowest BCUT2D eigenvalue weighted by molar-refractivity contribution is -0.139. The Bertz CT molecular complexity index is 348. The fourth-order valence-corrected chi connectivity index (χ4v) is 2.94. The summed E-state index contributed by atoms with van der Waals surface area (Å²) >= 11 is 0. The summed E-state index contributed by atoms with van der Waals surface area (Å²) in [5, 5.41) is 3.13. The van der Waals surface area contributed by atoms with Crippen molar-refractivity contribution in [3.8, 4) is 0 Å². The zero-order valence-electron chi connectivity index (χ0n) is 12.7. The van der Waals surface area contributed by atoms with Gasteiger partial charge >= 0.3 is 0 Å². The maximum absolute atomic E-state index is 12.2. The number of amides is 2. The number of carbonyl (C=O) groups excluding carboxylic acids is 2. The first-order valence-corrected chi connectivity index (χ1v) is 7.52. The Labute approximate surface area is 132 Å². The summed E-state index contributed by atoms with van der Waals surface area (Å²) in [4.78, 5) is 28.0. The number of likely N-dealkylation sites (N-methyl/N-ethyl adjacent to an activating group) is 1. The van der Waals surface area contributed by atoms with Gasteiger partial charge in [0, 0.05) is 45.1 Å². The quantitative estimate of drug-likeness (QED) is 0.789. The summed E-state index contributed by atoms with van der Waals surface area (Å²) in [6, 6.07) is 0.297.